The van der Waals surface area contributed by atoms with Crippen molar-refractivity contribution in [3.8, 4) is 0 Å². The normalized spacial score (nSPS) is 11.1. The Labute approximate surface area is 98.1 Å². The molecule has 0 aliphatic carbocycles. The topological polar surface area (TPSA) is 83.5 Å². The number of aryl methyl sites for hydroxylation is 1. The second kappa shape index (κ2) is 4.71. The number of anilines is 1. The Kier molecular flexibility index (Phi) is 3.77. The lowest BCUT2D eigenvalue weighted by molar-refractivity contribution is -0.134. The zero-order valence-electron chi connectivity index (χ0n) is 8.40. The molecule has 0 saturated heterocycles. The number of aliphatic carboxylic acids is 1. The monoisotopic (exact) mass is 263 g/mol. The summed E-state index contributed by atoms with van der Waals surface area (Å²) in [4.78, 5) is 10.3. The Bertz CT molecular complexity index is 512. The SMILES string of the molecule is Cc1ccc(Cl)c(NS(=O)(=O)CC(=O)O)c1. The molecular formula is C9H10ClNO4S. The smallest absolute Gasteiger partial charge is 0.320 e. The number of benzene rings is 1. The fraction of sp³-hybridized carbons (Fsp3) is 0.222. The fourth-order valence-electron chi connectivity index (χ4n) is 1.08. The van der Waals surface area contributed by atoms with Gasteiger partial charge in [-0.3, -0.25) is 9.52 Å². The molecule has 7 heteroatoms. The maximum Gasteiger partial charge on any atom is 0.320 e. The van der Waals surface area contributed by atoms with Gasteiger partial charge in [0.2, 0.25) is 10.0 Å². The molecule has 5 nitrogen and oxygen atoms in total. The number of nitrogens with one attached hydrogen (secondary N) is 1. The van der Waals surface area contributed by atoms with Crippen LogP contribution in [0.5, 0.6) is 0 Å². The molecule has 0 amide bonds. The summed E-state index contributed by atoms with van der Waals surface area (Å²) in [5, 5.41) is 8.62. The van der Waals surface area contributed by atoms with Crippen molar-refractivity contribution in [2.24, 2.45) is 0 Å². The van der Waals surface area contributed by atoms with Gasteiger partial charge in [0.1, 0.15) is 0 Å². The van der Waals surface area contributed by atoms with Gasteiger partial charge in [0, 0.05) is 0 Å². The van der Waals surface area contributed by atoms with Crippen LogP contribution in [0.2, 0.25) is 5.02 Å². The van der Waals surface area contributed by atoms with Crippen molar-refractivity contribution in [3.63, 3.8) is 0 Å². The summed E-state index contributed by atoms with van der Waals surface area (Å²) in [7, 11) is -3.91. The van der Waals surface area contributed by atoms with Crippen LogP contribution in [0.25, 0.3) is 0 Å². The highest BCUT2D eigenvalue weighted by Gasteiger charge is 2.16. The first-order chi connectivity index (χ1) is 7.30. The molecule has 0 atom stereocenters. The summed E-state index contributed by atoms with van der Waals surface area (Å²) in [5.41, 5.74) is 1.00. The van der Waals surface area contributed by atoms with E-state index in [0.717, 1.165) is 5.56 Å². The van der Waals surface area contributed by atoms with Crippen molar-refractivity contribution in [2.45, 2.75) is 6.92 Å². The molecule has 88 valence electrons. The summed E-state index contributed by atoms with van der Waals surface area (Å²) in [5.74, 6) is -2.41. The zero-order chi connectivity index (χ0) is 12.3. The summed E-state index contributed by atoms with van der Waals surface area (Å²) in [6, 6.07) is 4.79. The molecule has 0 saturated carbocycles. The Hall–Kier alpha value is -1.27. The number of halogens is 1. The minimum atomic E-state index is -3.91. The lowest BCUT2D eigenvalue weighted by atomic mass is 10.2. The van der Waals surface area contributed by atoms with E-state index in [2.05, 4.69) is 4.72 Å². The van der Waals surface area contributed by atoms with Crippen molar-refractivity contribution in [3.05, 3.63) is 28.8 Å². The molecule has 0 aromatic heterocycles. The van der Waals surface area contributed by atoms with Gasteiger partial charge in [-0.15, -0.1) is 0 Å². The van der Waals surface area contributed by atoms with Crippen LogP contribution in [0, 0.1) is 6.92 Å². The van der Waals surface area contributed by atoms with Crippen LogP contribution in [0.1, 0.15) is 5.56 Å². The van der Waals surface area contributed by atoms with Crippen molar-refractivity contribution >= 4 is 33.3 Å². The van der Waals surface area contributed by atoms with Crippen LogP contribution in [-0.2, 0) is 14.8 Å². The van der Waals surface area contributed by atoms with Gasteiger partial charge in [0.05, 0.1) is 10.7 Å². The third-order valence-corrected chi connectivity index (χ3v) is 3.19. The third kappa shape index (κ3) is 3.71. The molecule has 16 heavy (non-hydrogen) atoms. The first-order valence-corrected chi connectivity index (χ1v) is 6.31. The Morgan fingerprint density at radius 3 is 2.69 bits per heavy atom. The predicted octanol–water partition coefficient (Wildman–Crippen LogP) is 1.47. The molecule has 0 aliphatic heterocycles. The quantitative estimate of drug-likeness (QED) is 0.862. The van der Waals surface area contributed by atoms with Crippen molar-refractivity contribution < 1.29 is 18.3 Å². The first-order valence-electron chi connectivity index (χ1n) is 4.28. The van der Waals surface area contributed by atoms with Gasteiger partial charge < -0.3 is 5.11 Å². The second-order valence-corrected chi connectivity index (χ2v) is 5.37. The average molecular weight is 264 g/mol. The zero-order valence-corrected chi connectivity index (χ0v) is 9.97. The fourth-order valence-corrected chi connectivity index (χ4v) is 2.21. The molecule has 0 radical (unpaired) electrons. The molecule has 1 aromatic rings. The number of sulfonamides is 1. The lowest BCUT2D eigenvalue weighted by Crippen LogP contribution is -2.22. The molecule has 0 unspecified atom stereocenters. The molecule has 2 N–H and O–H groups in total. The maximum absolute atomic E-state index is 11.3. The van der Waals surface area contributed by atoms with Gasteiger partial charge in [-0.25, -0.2) is 8.42 Å². The number of carboxylic acid groups (broad SMARTS) is 1. The van der Waals surface area contributed by atoms with Gasteiger partial charge in [-0.1, -0.05) is 17.7 Å². The van der Waals surface area contributed by atoms with Crippen LogP contribution in [0.3, 0.4) is 0 Å². The Morgan fingerprint density at radius 1 is 1.50 bits per heavy atom. The van der Waals surface area contributed by atoms with Crippen LogP contribution in [-0.4, -0.2) is 25.2 Å². The highest BCUT2D eigenvalue weighted by molar-refractivity contribution is 7.93. The van der Waals surface area contributed by atoms with E-state index in [1.165, 1.54) is 12.1 Å². The van der Waals surface area contributed by atoms with E-state index in [4.69, 9.17) is 16.7 Å². The Morgan fingerprint density at radius 2 is 2.12 bits per heavy atom. The lowest BCUT2D eigenvalue weighted by Gasteiger charge is -2.08. The van der Waals surface area contributed by atoms with Crippen LogP contribution < -0.4 is 4.72 Å². The van der Waals surface area contributed by atoms with E-state index in [1.807, 2.05) is 0 Å². The highest BCUT2D eigenvalue weighted by atomic mass is 35.5. The summed E-state index contributed by atoms with van der Waals surface area (Å²) < 4.78 is 24.8. The van der Waals surface area contributed by atoms with Gasteiger partial charge in [-0.2, -0.15) is 0 Å². The van der Waals surface area contributed by atoms with E-state index in [0.29, 0.717) is 0 Å². The minimum absolute atomic E-state index is 0.183. The number of hydrogen-bond acceptors (Lipinski definition) is 3. The Balaban J connectivity index is 2.96. The van der Waals surface area contributed by atoms with E-state index in [-0.39, 0.29) is 10.7 Å². The van der Waals surface area contributed by atoms with E-state index >= 15 is 0 Å². The molecule has 1 aromatic carbocycles. The van der Waals surface area contributed by atoms with Gasteiger partial charge >= 0.3 is 5.97 Å². The van der Waals surface area contributed by atoms with Crippen molar-refractivity contribution in [1.29, 1.82) is 0 Å². The first kappa shape index (κ1) is 12.8. The molecule has 0 heterocycles. The predicted molar refractivity (Wildman–Crippen MR) is 61.2 cm³/mol. The molecule has 0 bridgehead atoms. The molecular weight excluding hydrogens is 254 g/mol. The molecule has 1 rings (SSSR count). The van der Waals surface area contributed by atoms with Crippen LogP contribution in [0.4, 0.5) is 5.69 Å². The molecule has 0 fully saturated rings. The summed E-state index contributed by atoms with van der Waals surface area (Å²) in [6.45, 7) is 1.77. The number of carboxylic acids is 1. The average Bonchev–Trinajstić information content (AvgIpc) is 2.08. The molecule has 0 aliphatic rings. The highest BCUT2D eigenvalue weighted by Crippen LogP contribution is 2.23. The van der Waals surface area contributed by atoms with Crippen LogP contribution >= 0.6 is 11.6 Å². The second-order valence-electron chi connectivity index (χ2n) is 3.24. The van der Waals surface area contributed by atoms with E-state index in [1.54, 1.807) is 13.0 Å². The molecule has 0 spiro atoms. The summed E-state index contributed by atoms with van der Waals surface area (Å²) >= 11 is 5.76. The van der Waals surface area contributed by atoms with E-state index < -0.39 is 21.7 Å². The van der Waals surface area contributed by atoms with Gasteiger partial charge in [0.25, 0.3) is 0 Å². The number of rotatable bonds is 4. The number of hydrogen-bond donors (Lipinski definition) is 2. The van der Waals surface area contributed by atoms with Gasteiger partial charge in [-0.05, 0) is 24.6 Å². The largest absolute Gasteiger partial charge is 0.480 e. The maximum atomic E-state index is 11.3. The van der Waals surface area contributed by atoms with Crippen molar-refractivity contribution in [2.75, 3.05) is 10.5 Å². The van der Waals surface area contributed by atoms with Gasteiger partial charge in [0.15, 0.2) is 5.75 Å². The third-order valence-electron chi connectivity index (χ3n) is 1.70. The van der Waals surface area contributed by atoms with Crippen molar-refractivity contribution in [1.82, 2.24) is 0 Å². The van der Waals surface area contributed by atoms with Crippen LogP contribution in [0.15, 0.2) is 18.2 Å². The summed E-state index contributed by atoms with van der Waals surface area (Å²) in [6.07, 6.45) is 0. The van der Waals surface area contributed by atoms with E-state index in [9.17, 15) is 13.2 Å². The standard InChI is InChI=1S/C9H10ClNO4S/c1-6-2-3-7(10)8(4-6)11-16(14,15)5-9(12)13/h2-4,11H,5H2,1H3,(H,12,13). The number of carbonyl (C=O) groups is 1. The minimum Gasteiger partial charge on any atom is -0.480 e.